The largest absolute Gasteiger partial charge is 0.438 e. The number of hydrogen-bond acceptors (Lipinski definition) is 7. The van der Waals surface area contributed by atoms with Crippen LogP contribution in [0.25, 0.3) is 11.2 Å². The second-order valence-corrected chi connectivity index (χ2v) is 4.68. The van der Waals surface area contributed by atoms with E-state index in [0.717, 1.165) is 0 Å². The number of nitrogens with zero attached hydrogens (tertiary/aromatic N) is 3. The zero-order valence-corrected chi connectivity index (χ0v) is 11.6. The Bertz CT molecular complexity index is 953. The Hall–Kier alpha value is -3.01. The van der Waals surface area contributed by atoms with Gasteiger partial charge in [-0.05, 0) is 12.1 Å². The molecule has 1 atom stereocenters. The molecule has 0 spiro atoms. The summed E-state index contributed by atoms with van der Waals surface area (Å²) in [4.78, 5) is 33.7. The Balaban J connectivity index is 1.92. The fraction of sp³-hybridized carbons (Fsp3) is 0. The van der Waals surface area contributed by atoms with Crippen molar-refractivity contribution in [1.82, 2.24) is 19.7 Å². The van der Waals surface area contributed by atoms with Gasteiger partial charge in [0.2, 0.25) is 0 Å². The van der Waals surface area contributed by atoms with E-state index in [0.29, 0.717) is 0 Å². The minimum absolute atomic E-state index is 0.00658. The second kappa shape index (κ2) is 5.77. The van der Waals surface area contributed by atoms with Crippen LogP contribution in [-0.2, 0) is 11.4 Å². The molecule has 0 saturated heterocycles. The Morgan fingerprint density at radius 1 is 1.09 bits per heavy atom. The van der Waals surface area contributed by atoms with Gasteiger partial charge in [-0.15, -0.1) is 0 Å². The molecule has 2 aromatic heterocycles. The third kappa shape index (κ3) is 2.72. The van der Waals surface area contributed by atoms with Crippen molar-refractivity contribution in [1.29, 1.82) is 0 Å². The fourth-order valence-electron chi connectivity index (χ4n) is 1.62. The van der Waals surface area contributed by atoms with E-state index in [1.54, 1.807) is 30.3 Å². The third-order valence-electron chi connectivity index (χ3n) is 2.54. The molecular weight excluding hydrogens is 312 g/mol. The standard InChI is InChI=1S/C12H8N4O5S/c17-11-9-10(14-7-6-13-9)15-12(18)16(11)21-22(19)20-8-4-2-1-3-5-8/h1-7H,(H,14,15,18). The Kier molecular flexibility index (Phi) is 3.66. The number of hydrogen-bond donors (Lipinski definition) is 1. The number of aromatic nitrogens is 4. The van der Waals surface area contributed by atoms with Crippen molar-refractivity contribution in [3.05, 3.63) is 63.6 Å². The van der Waals surface area contributed by atoms with Crippen molar-refractivity contribution in [2.45, 2.75) is 0 Å². The van der Waals surface area contributed by atoms with Gasteiger partial charge in [0.05, 0.1) is 0 Å². The quantitative estimate of drug-likeness (QED) is 0.693. The van der Waals surface area contributed by atoms with Gasteiger partial charge in [0.15, 0.2) is 11.2 Å². The van der Waals surface area contributed by atoms with E-state index < -0.39 is 22.6 Å². The van der Waals surface area contributed by atoms with Crippen molar-refractivity contribution in [2.24, 2.45) is 0 Å². The van der Waals surface area contributed by atoms with E-state index in [2.05, 4.69) is 15.0 Å². The molecule has 0 bridgehead atoms. The maximum Gasteiger partial charge on any atom is 0.438 e. The Labute approximate surface area is 125 Å². The lowest BCUT2D eigenvalue weighted by atomic mass is 10.3. The summed E-state index contributed by atoms with van der Waals surface area (Å²) in [6.07, 6.45) is 2.60. The van der Waals surface area contributed by atoms with Crippen LogP contribution in [0, 0.1) is 0 Å². The summed E-state index contributed by atoms with van der Waals surface area (Å²) in [6, 6.07) is 8.16. The molecule has 112 valence electrons. The molecule has 9 nitrogen and oxygen atoms in total. The first kappa shape index (κ1) is 13.9. The van der Waals surface area contributed by atoms with Crippen molar-refractivity contribution in [2.75, 3.05) is 0 Å². The number of para-hydroxylation sites is 1. The lowest BCUT2D eigenvalue weighted by Crippen LogP contribution is -2.41. The first-order valence-corrected chi connectivity index (χ1v) is 6.95. The van der Waals surface area contributed by atoms with Crippen LogP contribution in [-0.4, -0.2) is 23.9 Å². The zero-order chi connectivity index (χ0) is 15.5. The average Bonchev–Trinajstić information content (AvgIpc) is 2.52. The SMILES string of the molecule is O=c1[nH]c2nccnc2c(=O)n1OS(=O)Oc1ccccc1. The highest BCUT2D eigenvalue weighted by Crippen LogP contribution is 2.09. The summed E-state index contributed by atoms with van der Waals surface area (Å²) >= 11 is -2.39. The molecule has 0 aliphatic rings. The Morgan fingerprint density at radius 2 is 1.82 bits per heavy atom. The van der Waals surface area contributed by atoms with Gasteiger partial charge in [-0.25, -0.2) is 14.8 Å². The third-order valence-corrected chi connectivity index (χ3v) is 3.14. The molecule has 0 saturated carbocycles. The number of H-pyrrole nitrogens is 1. The second-order valence-electron chi connectivity index (χ2n) is 3.96. The topological polar surface area (TPSA) is 116 Å². The molecule has 1 aromatic carbocycles. The van der Waals surface area contributed by atoms with Gasteiger partial charge in [-0.1, -0.05) is 22.9 Å². The summed E-state index contributed by atoms with van der Waals surface area (Å²) in [7, 11) is 0. The van der Waals surface area contributed by atoms with Crippen LogP contribution in [0.5, 0.6) is 5.75 Å². The van der Waals surface area contributed by atoms with Gasteiger partial charge < -0.3 is 4.18 Å². The molecule has 3 rings (SSSR count). The monoisotopic (exact) mass is 320 g/mol. The van der Waals surface area contributed by atoms with E-state index >= 15 is 0 Å². The van der Waals surface area contributed by atoms with Crippen LogP contribution in [0.1, 0.15) is 0 Å². The number of nitrogens with one attached hydrogen (secondary N) is 1. The van der Waals surface area contributed by atoms with Crippen LogP contribution < -0.4 is 19.7 Å². The molecule has 0 aliphatic carbocycles. The van der Waals surface area contributed by atoms with Crippen LogP contribution in [0.3, 0.4) is 0 Å². The zero-order valence-electron chi connectivity index (χ0n) is 10.8. The molecule has 1 unspecified atom stereocenters. The maximum atomic E-state index is 12.1. The summed E-state index contributed by atoms with van der Waals surface area (Å²) in [5.41, 5.74) is -1.95. The molecule has 0 amide bonds. The minimum atomic E-state index is -2.39. The molecule has 22 heavy (non-hydrogen) atoms. The van der Waals surface area contributed by atoms with Gasteiger partial charge in [0.1, 0.15) is 5.75 Å². The highest BCUT2D eigenvalue weighted by atomic mass is 32.2. The molecule has 0 aliphatic heterocycles. The number of benzene rings is 1. The molecule has 3 aromatic rings. The van der Waals surface area contributed by atoms with Crippen molar-refractivity contribution >= 4 is 22.5 Å². The van der Waals surface area contributed by atoms with Crippen LogP contribution in [0.15, 0.2) is 52.3 Å². The van der Waals surface area contributed by atoms with Gasteiger partial charge in [0, 0.05) is 12.4 Å². The molecule has 0 fully saturated rings. The molecule has 2 heterocycles. The lowest BCUT2D eigenvalue weighted by molar-refractivity contribution is 0.249. The maximum absolute atomic E-state index is 12.1. The van der Waals surface area contributed by atoms with Gasteiger partial charge in [-0.3, -0.25) is 14.1 Å². The van der Waals surface area contributed by atoms with E-state index in [-0.39, 0.29) is 21.6 Å². The highest BCUT2D eigenvalue weighted by Gasteiger charge is 2.14. The molecule has 0 radical (unpaired) electrons. The Morgan fingerprint density at radius 3 is 2.59 bits per heavy atom. The highest BCUT2D eigenvalue weighted by molar-refractivity contribution is 7.75. The number of rotatable bonds is 4. The minimum Gasteiger partial charge on any atom is -0.370 e. The predicted octanol–water partition coefficient (Wildman–Crippen LogP) is -0.434. The molecule has 1 N–H and O–H groups in total. The summed E-state index contributed by atoms with van der Waals surface area (Å²) in [6.45, 7) is 0. The smallest absolute Gasteiger partial charge is 0.370 e. The normalized spacial score (nSPS) is 12.0. The van der Waals surface area contributed by atoms with Gasteiger partial charge in [-0.2, -0.15) is 4.21 Å². The first-order valence-electron chi connectivity index (χ1n) is 5.95. The summed E-state index contributed by atoms with van der Waals surface area (Å²) in [5.74, 6) is 0.255. The van der Waals surface area contributed by atoms with E-state index in [1.165, 1.54) is 12.4 Å². The summed E-state index contributed by atoms with van der Waals surface area (Å²) in [5, 5.41) is 0. The molecule has 10 heteroatoms. The van der Waals surface area contributed by atoms with Crippen LogP contribution in [0.2, 0.25) is 0 Å². The fourth-order valence-corrected chi connectivity index (χ4v) is 2.18. The average molecular weight is 320 g/mol. The van der Waals surface area contributed by atoms with Gasteiger partial charge >= 0.3 is 22.6 Å². The van der Waals surface area contributed by atoms with Crippen LogP contribution >= 0.6 is 0 Å². The summed E-state index contributed by atoms with van der Waals surface area (Å²) < 4.78 is 21.7. The van der Waals surface area contributed by atoms with Gasteiger partial charge in [0.25, 0.3) is 0 Å². The molecular formula is C12H8N4O5S. The predicted molar refractivity (Wildman–Crippen MR) is 76.2 cm³/mol. The first-order chi connectivity index (χ1) is 10.6. The van der Waals surface area contributed by atoms with Crippen molar-refractivity contribution < 1.29 is 12.7 Å². The van der Waals surface area contributed by atoms with Crippen molar-refractivity contribution in [3.63, 3.8) is 0 Å². The van der Waals surface area contributed by atoms with Crippen LogP contribution in [0.4, 0.5) is 0 Å². The number of fused-ring (bicyclic) bond motifs is 1. The van der Waals surface area contributed by atoms with E-state index in [1.807, 2.05) is 0 Å². The lowest BCUT2D eigenvalue weighted by Gasteiger charge is -2.06. The van der Waals surface area contributed by atoms with Crippen molar-refractivity contribution in [3.8, 4) is 5.75 Å². The number of aromatic amines is 1. The van der Waals surface area contributed by atoms with E-state index in [9.17, 15) is 13.8 Å². The van der Waals surface area contributed by atoms with E-state index in [4.69, 9.17) is 8.47 Å².